The Morgan fingerprint density at radius 3 is 2.72 bits per heavy atom. The average Bonchev–Trinajstić information content (AvgIpc) is 2.98. The molecule has 2 aromatic heterocycles. The number of carbonyl (C=O) groups excluding carboxylic acids is 1. The Balaban J connectivity index is 1.30. The van der Waals surface area contributed by atoms with E-state index < -0.39 is 17.7 Å². The van der Waals surface area contributed by atoms with Crippen molar-refractivity contribution < 1.29 is 18.3 Å². The van der Waals surface area contributed by atoms with Gasteiger partial charge in [0.2, 0.25) is 11.8 Å². The molecular weight excluding hydrogens is 524 g/mol. The summed E-state index contributed by atoms with van der Waals surface area (Å²) >= 11 is 5.91. The molecule has 1 amide bonds. The molecule has 0 saturated carbocycles. The minimum absolute atomic E-state index is 0.00703. The highest BCUT2D eigenvalue weighted by molar-refractivity contribution is 6.30. The molecule has 7 nitrogen and oxygen atoms in total. The summed E-state index contributed by atoms with van der Waals surface area (Å²) in [6.07, 6.45) is 6.58. The van der Waals surface area contributed by atoms with Crippen molar-refractivity contribution in [3.63, 3.8) is 0 Å². The van der Waals surface area contributed by atoms with Crippen molar-refractivity contribution in [3.05, 3.63) is 83.3 Å². The molecular formula is C29H28ClF2N5O2. The number of pyridine rings is 2. The second kappa shape index (κ2) is 12.0. The molecule has 1 aromatic carbocycles. The third kappa shape index (κ3) is 6.12. The molecule has 0 bridgehead atoms. The number of aromatic nitrogens is 2. The number of nitrogens with zero attached hydrogens (tertiary/aromatic N) is 5. The maximum atomic E-state index is 14.2. The Kier molecular flexibility index (Phi) is 8.22. The normalized spacial score (nSPS) is 23.2. The van der Waals surface area contributed by atoms with Crippen molar-refractivity contribution in [1.82, 2.24) is 14.9 Å². The molecule has 4 heterocycles. The Morgan fingerprint density at radius 1 is 1.13 bits per heavy atom. The van der Waals surface area contributed by atoms with Gasteiger partial charge in [-0.15, -0.1) is 0 Å². The van der Waals surface area contributed by atoms with Gasteiger partial charge in [-0.2, -0.15) is 5.26 Å². The SMILES string of the molecule is N#CC1CC(C(=O)N2CC[C@H](COc3ccc(Cl)cn3)[C@@H](c3ccc(F)c(F)c3)C2)CCN1c1cccnc1. The zero-order valence-corrected chi connectivity index (χ0v) is 22.0. The first-order valence-electron chi connectivity index (χ1n) is 13.0. The summed E-state index contributed by atoms with van der Waals surface area (Å²) in [6, 6.07) is 12.9. The van der Waals surface area contributed by atoms with Crippen LogP contribution in [0.5, 0.6) is 5.88 Å². The zero-order valence-electron chi connectivity index (χ0n) is 21.2. The molecule has 39 heavy (non-hydrogen) atoms. The molecule has 4 atom stereocenters. The number of likely N-dealkylation sites (tertiary alicyclic amines) is 1. The largest absolute Gasteiger partial charge is 0.477 e. The fourth-order valence-corrected chi connectivity index (χ4v) is 5.68. The van der Waals surface area contributed by atoms with E-state index in [9.17, 15) is 18.8 Å². The lowest BCUT2D eigenvalue weighted by Crippen LogP contribution is -2.50. The van der Waals surface area contributed by atoms with Gasteiger partial charge in [0.05, 0.1) is 29.6 Å². The quantitative estimate of drug-likeness (QED) is 0.417. The Morgan fingerprint density at radius 2 is 2.00 bits per heavy atom. The van der Waals surface area contributed by atoms with E-state index in [0.717, 1.165) is 11.8 Å². The first-order chi connectivity index (χ1) is 18.9. The van der Waals surface area contributed by atoms with Crippen LogP contribution in [0.2, 0.25) is 5.02 Å². The number of anilines is 1. The van der Waals surface area contributed by atoms with Crippen LogP contribution in [0.15, 0.2) is 61.1 Å². The maximum Gasteiger partial charge on any atom is 0.225 e. The van der Waals surface area contributed by atoms with E-state index in [1.54, 1.807) is 30.6 Å². The lowest BCUT2D eigenvalue weighted by Gasteiger charge is -2.42. The van der Waals surface area contributed by atoms with E-state index in [0.29, 0.717) is 62.0 Å². The van der Waals surface area contributed by atoms with Crippen LogP contribution in [0.1, 0.15) is 30.7 Å². The predicted octanol–water partition coefficient (Wildman–Crippen LogP) is 5.23. The summed E-state index contributed by atoms with van der Waals surface area (Å²) < 4.78 is 33.8. The number of piperidine rings is 2. The van der Waals surface area contributed by atoms with Gasteiger partial charge < -0.3 is 14.5 Å². The summed E-state index contributed by atoms with van der Waals surface area (Å²) in [6.45, 7) is 1.75. The van der Waals surface area contributed by atoms with Crippen molar-refractivity contribution in [2.75, 3.05) is 31.1 Å². The second-order valence-corrected chi connectivity index (χ2v) is 10.4. The van der Waals surface area contributed by atoms with Gasteiger partial charge in [-0.1, -0.05) is 17.7 Å². The van der Waals surface area contributed by atoms with Crippen LogP contribution in [0.4, 0.5) is 14.5 Å². The van der Waals surface area contributed by atoms with Crippen LogP contribution in [-0.2, 0) is 4.79 Å². The molecule has 5 rings (SSSR count). The number of carbonyl (C=O) groups is 1. The summed E-state index contributed by atoms with van der Waals surface area (Å²) in [5, 5.41) is 10.3. The molecule has 2 fully saturated rings. The minimum Gasteiger partial charge on any atom is -0.477 e. The van der Waals surface area contributed by atoms with Crippen LogP contribution in [-0.4, -0.2) is 53.1 Å². The number of nitriles is 1. The number of rotatable bonds is 6. The number of hydrogen-bond acceptors (Lipinski definition) is 6. The first kappa shape index (κ1) is 26.8. The Hall–Kier alpha value is -3.77. The molecule has 2 saturated heterocycles. The molecule has 0 N–H and O–H groups in total. The number of benzene rings is 1. The van der Waals surface area contributed by atoms with Gasteiger partial charge in [0.15, 0.2) is 11.6 Å². The lowest BCUT2D eigenvalue weighted by atomic mass is 9.80. The fourth-order valence-electron chi connectivity index (χ4n) is 5.56. The number of ether oxygens (including phenoxy) is 1. The average molecular weight is 552 g/mol. The highest BCUT2D eigenvalue weighted by atomic mass is 35.5. The Labute approximate surface area is 231 Å². The molecule has 10 heteroatoms. The Bertz CT molecular complexity index is 1340. The van der Waals surface area contributed by atoms with E-state index in [4.69, 9.17) is 16.3 Å². The van der Waals surface area contributed by atoms with Gasteiger partial charge in [0.25, 0.3) is 0 Å². The van der Waals surface area contributed by atoms with Crippen molar-refractivity contribution in [1.29, 1.82) is 5.26 Å². The van der Waals surface area contributed by atoms with Gasteiger partial charge in [-0.05, 0) is 55.2 Å². The van der Waals surface area contributed by atoms with Gasteiger partial charge >= 0.3 is 0 Å². The second-order valence-electron chi connectivity index (χ2n) is 10.0. The van der Waals surface area contributed by atoms with Crippen molar-refractivity contribution in [2.45, 2.75) is 31.2 Å². The molecule has 2 aliphatic heterocycles. The number of amides is 1. The van der Waals surface area contributed by atoms with E-state index >= 15 is 0 Å². The smallest absolute Gasteiger partial charge is 0.225 e. The van der Waals surface area contributed by atoms with E-state index in [2.05, 4.69) is 16.0 Å². The van der Waals surface area contributed by atoms with Crippen LogP contribution >= 0.6 is 11.6 Å². The van der Waals surface area contributed by atoms with E-state index in [-0.39, 0.29) is 23.7 Å². The van der Waals surface area contributed by atoms with Crippen molar-refractivity contribution in [2.24, 2.45) is 11.8 Å². The van der Waals surface area contributed by atoms with Crippen LogP contribution in [0, 0.1) is 34.8 Å². The molecule has 0 radical (unpaired) electrons. The predicted molar refractivity (Wildman–Crippen MR) is 142 cm³/mol. The summed E-state index contributed by atoms with van der Waals surface area (Å²) in [7, 11) is 0. The standard InChI is InChI=1S/C29H28ClF2N5O2/c30-22-4-6-28(35-15-22)39-18-21-7-10-36(17-25(21)19-3-5-26(31)27(32)13-19)29(38)20-8-11-37(24(12-20)14-33)23-2-1-9-34-16-23/h1-6,9,13,15-16,20-21,24-25H,7-8,10-12,17-18H2/t20?,21-,24?,25-/m1/s1. The van der Waals surface area contributed by atoms with Crippen LogP contribution in [0.3, 0.4) is 0 Å². The molecule has 202 valence electrons. The summed E-state index contributed by atoms with van der Waals surface area (Å²) in [5.74, 6) is -2.02. The third-order valence-corrected chi connectivity index (χ3v) is 7.89. The summed E-state index contributed by atoms with van der Waals surface area (Å²) in [5.41, 5.74) is 1.48. The highest BCUT2D eigenvalue weighted by Gasteiger charge is 2.39. The highest BCUT2D eigenvalue weighted by Crippen LogP contribution is 2.36. The summed E-state index contributed by atoms with van der Waals surface area (Å²) in [4.78, 5) is 25.8. The molecule has 0 aliphatic carbocycles. The lowest BCUT2D eigenvalue weighted by molar-refractivity contribution is -0.138. The first-order valence-corrected chi connectivity index (χ1v) is 13.3. The zero-order chi connectivity index (χ0) is 27.4. The maximum absolute atomic E-state index is 14.2. The van der Waals surface area contributed by atoms with E-state index in [1.165, 1.54) is 12.3 Å². The van der Waals surface area contributed by atoms with Gasteiger partial charge in [0.1, 0.15) is 6.04 Å². The molecule has 0 spiro atoms. The van der Waals surface area contributed by atoms with Crippen molar-refractivity contribution >= 4 is 23.2 Å². The fraction of sp³-hybridized carbons (Fsp3) is 0.379. The number of halogens is 3. The van der Waals surface area contributed by atoms with Crippen LogP contribution < -0.4 is 9.64 Å². The topological polar surface area (TPSA) is 82.3 Å². The van der Waals surface area contributed by atoms with Gasteiger partial charge in [-0.25, -0.2) is 13.8 Å². The van der Waals surface area contributed by atoms with Crippen molar-refractivity contribution in [3.8, 4) is 11.9 Å². The monoisotopic (exact) mass is 551 g/mol. The van der Waals surface area contributed by atoms with Crippen LogP contribution in [0.25, 0.3) is 0 Å². The molecule has 2 aliphatic rings. The van der Waals surface area contributed by atoms with Gasteiger partial charge in [0, 0.05) is 55.8 Å². The molecule has 3 aromatic rings. The molecule has 2 unspecified atom stereocenters. The minimum atomic E-state index is -0.922. The third-order valence-electron chi connectivity index (χ3n) is 7.66. The number of hydrogen-bond donors (Lipinski definition) is 0. The van der Waals surface area contributed by atoms with Gasteiger partial charge in [-0.3, -0.25) is 9.78 Å². The van der Waals surface area contributed by atoms with E-state index in [1.807, 2.05) is 21.9 Å².